The van der Waals surface area contributed by atoms with Crippen molar-refractivity contribution < 1.29 is 0 Å². The van der Waals surface area contributed by atoms with Crippen molar-refractivity contribution >= 4 is 27.1 Å². The monoisotopic (exact) mass is 341 g/mol. The van der Waals surface area contributed by atoms with Crippen LogP contribution in [0.3, 0.4) is 0 Å². The van der Waals surface area contributed by atoms with Crippen LogP contribution >= 0.6 is 11.3 Å². The Morgan fingerprint density at radius 2 is 2.17 bits per heavy atom. The van der Waals surface area contributed by atoms with Gasteiger partial charge in [-0.25, -0.2) is 4.98 Å². The highest BCUT2D eigenvalue weighted by molar-refractivity contribution is 7.20. The number of anilines is 2. The van der Waals surface area contributed by atoms with Gasteiger partial charge in [0.05, 0.1) is 0 Å². The molecule has 0 bridgehead atoms. The van der Waals surface area contributed by atoms with E-state index in [1.165, 1.54) is 21.5 Å². The maximum atomic E-state index is 12.1. The summed E-state index contributed by atoms with van der Waals surface area (Å²) in [6, 6.07) is 12.3. The summed E-state index contributed by atoms with van der Waals surface area (Å²) in [5, 5.41) is 8.60. The van der Waals surface area contributed by atoms with Crippen LogP contribution in [-0.4, -0.2) is 33.7 Å². The molecule has 1 atom stereocenters. The molecule has 1 aliphatic rings. The van der Waals surface area contributed by atoms with E-state index in [2.05, 4.69) is 44.6 Å². The molecule has 0 saturated carbocycles. The van der Waals surface area contributed by atoms with Gasteiger partial charge in [0, 0.05) is 36.6 Å². The number of benzene rings is 1. The minimum Gasteiger partial charge on any atom is -0.369 e. The number of nitrogens with one attached hydrogen (secondary N) is 1. The number of aryl methyl sites for hydroxylation is 1. The van der Waals surface area contributed by atoms with Crippen molar-refractivity contribution in [2.24, 2.45) is 0 Å². The molecule has 0 radical (unpaired) electrons. The Morgan fingerprint density at radius 1 is 1.33 bits per heavy atom. The van der Waals surface area contributed by atoms with Gasteiger partial charge in [-0.3, -0.25) is 4.79 Å². The van der Waals surface area contributed by atoms with Gasteiger partial charge >= 0.3 is 0 Å². The zero-order valence-electron chi connectivity index (χ0n) is 13.5. The zero-order valence-corrected chi connectivity index (χ0v) is 14.3. The van der Waals surface area contributed by atoms with Gasteiger partial charge in [0.15, 0.2) is 0 Å². The van der Waals surface area contributed by atoms with Crippen LogP contribution in [0, 0.1) is 0 Å². The van der Waals surface area contributed by atoms with Gasteiger partial charge in [-0.05, 0) is 25.0 Å². The smallest absolute Gasteiger partial charge is 0.275 e. The van der Waals surface area contributed by atoms with E-state index < -0.39 is 0 Å². The molecule has 1 aliphatic heterocycles. The second-order valence-corrected chi connectivity index (χ2v) is 6.91. The summed E-state index contributed by atoms with van der Waals surface area (Å²) in [4.78, 5) is 19.6. The van der Waals surface area contributed by atoms with Gasteiger partial charge in [-0.1, -0.05) is 36.5 Å². The van der Waals surface area contributed by atoms with Gasteiger partial charge in [0.25, 0.3) is 5.56 Å². The van der Waals surface area contributed by atoms with Gasteiger partial charge in [0.1, 0.15) is 0 Å². The SMILES string of the molecule is CCc1cc(=O)n2nc(NC3CCN(c4ccccc4)C3)sc2n1. The fraction of sp³-hybridized carbons (Fsp3) is 0.353. The molecule has 2 aromatic heterocycles. The van der Waals surface area contributed by atoms with Crippen molar-refractivity contribution in [2.75, 3.05) is 23.3 Å². The van der Waals surface area contributed by atoms with E-state index >= 15 is 0 Å². The molecule has 0 amide bonds. The van der Waals surface area contributed by atoms with Gasteiger partial charge < -0.3 is 10.2 Å². The van der Waals surface area contributed by atoms with E-state index in [-0.39, 0.29) is 5.56 Å². The standard InChI is InChI=1S/C17H19N5OS/c1-2-12-10-15(23)22-17(19-12)24-16(20-22)18-13-8-9-21(11-13)14-6-4-3-5-7-14/h3-7,10,13H,2,8-9,11H2,1H3,(H,18,20). The molecule has 4 rings (SSSR count). The predicted octanol–water partition coefficient (Wildman–Crippen LogP) is 2.40. The Bertz CT molecular complexity index is 904. The molecule has 0 spiro atoms. The Balaban J connectivity index is 1.51. The molecule has 124 valence electrons. The van der Waals surface area contributed by atoms with Gasteiger partial charge in [-0.2, -0.15) is 4.52 Å². The molecular formula is C17H19N5OS. The minimum absolute atomic E-state index is 0.113. The van der Waals surface area contributed by atoms with Crippen LogP contribution in [0.2, 0.25) is 0 Å². The third-order valence-electron chi connectivity index (χ3n) is 4.30. The van der Waals surface area contributed by atoms with Crippen LogP contribution in [0.25, 0.3) is 4.96 Å². The first-order valence-electron chi connectivity index (χ1n) is 8.19. The molecular weight excluding hydrogens is 322 g/mol. The quantitative estimate of drug-likeness (QED) is 0.789. The number of rotatable bonds is 4. The van der Waals surface area contributed by atoms with Crippen molar-refractivity contribution in [3.05, 3.63) is 52.4 Å². The largest absolute Gasteiger partial charge is 0.369 e. The average molecular weight is 341 g/mol. The highest BCUT2D eigenvalue weighted by atomic mass is 32.1. The summed E-state index contributed by atoms with van der Waals surface area (Å²) in [7, 11) is 0. The minimum atomic E-state index is -0.113. The number of fused-ring (bicyclic) bond motifs is 1. The van der Waals surface area contributed by atoms with E-state index in [0.717, 1.165) is 36.8 Å². The third-order valence-corrected chi connectivity index (χ3v) is 5.14. The highest BCUT2D eigenvalue weighted by Crippen LogP contribution is 2.24. The molecule has 24 heavy (non-hydrogen) atoms. The van der Waals surface area contributed by atoms with E-state index in [9.17, 15) is 4.79 Å². The number of hydrogen-bond acceptors (Lipinski definition) is 6. The maximum absolute atomic E-state index is 12.1. The molecule has 1 N–H and O–H groups in total. The molecule has 3 aromatic rings. The van der Waals surface area contributed by atoms with Crippen molar-refractivity contribution in [3.8, 4) is 0 Å². The first-order chi connectivity index (χ1) is 11.7. The molecule has 6 nitrogen and oxygen atoms in total. The summed E-state index contributed by atoms with van der Waals surface area (Å²) in [6.07, 6.45) is 1.80. The van der Waals surface area contributed by atoms with E-state index in [4.69, 9.17) is 0 Å². The van der Waals surface area contributed by atoms with Crippen molar-refractivity contribution in [1.29, 1.82) is 0 Å². The van der Waals surface area contributed by atoms with Crippen LogP contribution in [0.15, 0.2) is 41.2 Å². The van der Waals surface area contributed by atoms with Gasteiger partial charge in [0.2, 0.25) is 10.1 Å². The molecule has 1 unspecified atom stereocenters. The van der Waals surface area contributed by atoms with Crippen molar-refractivity contribution in [3.63, 3.8) is 0 Å². The van der Waals surface area contributed by atoms with Crippen LogP contribution in [-0.2, 0) is 6.42 Å². The van der Waals surface area contributed by atoms with Crippen molar-refractivity contribution in [1.82, 2.24) is 14.6 Å². The zero-order chi connectivity index (χ0) is 16.5. The molecule has 1 fully saturated rings. The Morgan fingerprint density at radius 3 is 2.96 bits per heavy atom. The maximum Gasteiger partial charge on any atom is 0.275 e. The fourth-order valence-electron chi connectivity index (χ4n) is 3.02. The summed E-state index contributed by atoms with van der Waals surface area (Å²) in [6.45, 7) is 3.95. The van der Waals surface area contributed by atoms with E-state index in [1.807, 2.05) is 13.0 Å². The molecule has 3 heterocycles. The van der Waals surface area contributed by atoms with Crippen LogP contribution in [0.5, 0.6) is 0 Å². The molecule has 1 aromatic carbocycles. The molecule has 0 aliphatic carbocycles. The second kappa shape index (κ2) is 6.24. The number of aromatic nitrogens is 3. The number of hydrogen-bond donors (Lipinski definition) is 1. The van der Waals surface area contributed by atoms with Gasteiger partial charge in [-0.15, -0.1) is 5.10 Å². The van der Waals surface area contributed by atoms with E-state index in [0.29, 0.717) is 11.0 Å². The predicted molar refractivity (Wildman–Crippen MR) is 97.2 cm³/mol. The summed E-state index contributed by atoms with van der Waals surface area (Å²) in [5.74, 6) is 0. The number of para-hydroxylation sites is 1. The lowest BCUT2D eigenvalue weighted by Crippen LogP contribution is -2.26. The normalized spacial score (nSPS) is 17.5. The first-order valence-corrected chi connectivity index (χ1v) is 9.01. The summed E-state index contributed by atoms with van der Waals surface area (Å²) < 4.78 is 1.38. The highest BCUT2D eigenvalue weighted by Gasteiger charge is 2.23. The molecule has 7 heteroatoms. The van der Waals surface area contributed by atoms with Crippen LogP contribution in [0.1, 0.15) is 19.0 Å². The Kier molecular flexibility index (Phi) is 3.93. The lowest BCUT2D eigenvalue weighted by molar-refractivity contribution is 0.792. The topological polar surface area (TPSA) is 62.5 Å². The lowest BCUT2D eigenvalue weighted by Gasteiger charge is -2.18. The third kappa shape index (κ3) is 2.87. The van der Waals surface area contributed by atoms with Crippen LogP contribution < -0.4 is 15.8 Å². The first kappa shape index (κ1) is 15.1. The Labute approximate surface area is 143 Å². The summed E-state index contributed by atoms with van der Waals surface area (Å²) in [5.41, 5.74) is 1.95. The fourth-order valence-corrected chi connectivity index (χ4v) is 3.92. The number of nitrogens with zero attached hydrogens (tertiary/aromatic N) is 4. The lowest BCUT2D eigenvalue weighted by atomic mass is 10.3. The molecule has 1 saturated heterocycles. The summed E-state index contributed by atoms with van der Waals surface area (Å²) >= 11 is 1.44. The Hall–Kier alpha value is -2.41. The van der Waals surface area contributed by atoms with Crippen LogP contribution in [0.4, 0.5) is 10.8 Å². The van der Waals surface area contributed by atoms with Crippen molar-refractivity contribution in [2.45, 2.75) is 25.8 Å². The average Bonchev–Trinajstić information content (AvgIpc) is 3.23. The second-order valence-electron chi connectivity index (χ2n) is 5.95. The van der Waals surface area contributed by atoms with E-state index in [1.54, 1.807) is 6.07 Å².